The second-order valence-electron chi connectivity index (χ2n) is 7.06. The Kier molecular flexibility index (Phi) is 7.17. The topological polar surface area (TPSA) is 73.1 Å². The number of aryl methyl sites for hydroxylation is 2. The molecule has 0 saturated heterocycles. The summed E-state index contributed by atoms with van der Waals surface area (Å²) in [6.45, 7) is 5.12. The number of hydrogen-bond acceptors (Lipinski definition) is 3. The Morgan fingerprint density at radius 3 is 2.90 bits per heavy atom. The van der Waals surface area contributed by atoms with Gasteiger partial charge in [-0.05, 0) is 37.6 Å². The molecular weight excluding hydrogens is 390 g/mol. The first-order valence-corrected chi connectivity index (χ1v) is 10.3. The van der Waals surface area contributed by atoms with Crippen molar-refractivity contribution < 1.29 is 9.63 Å². The van der Waals surface area contributed by atoms with E-state index in [1.54, 1.807) is 0 Å². The number of amides is 2. The molecule has 8 heteroatoms. The van der Waals surface area contributed by atoms with Gasteiger partial charge < -0.3 is 9.88 Å². The van der Waals surface area contributed by atoms with Crippen LogP contribution in [0.1, 0.15) is 37.4 Å². The lowest BCUT2D eigenvalue weighted by Gasteiger charge is -2.11. The van der Waals surface area contributed by atoms with Gasteiger partial charge in [-0.2, -0.15) is 5.10 Å². The number of hydroxylamine groups is 1. The molecule has 0 saturated carbocycles. The summed E-state index contributed by atoms with van der Waals surface area (Å²) in [4.78, 5) is 17.1. The number of urea groups is 1. The fourth-order valence-corrected chi connectivity index (χ4v) is 3.65. The van der Waals surface area contributed by atoms with Crippen molar-refractivity contribution >= 4 is 28.5 Å². The van der Waals surface area contributed by atoms with Gasteiger partial charge in [0.1, 0.15) is 5.82 Å². The van der Waals surface area contributed by atoms with Crippen LogP contribution in [0.15, 0.2) is 30.5 Å². The van der Waals surface area contributed by atoms with Gasteiger partial charge in [0.25, 0.3) is 0 Å². The first-order chi connectivity index (χ1) is 14.0. The zero-order chi connectivity index (χ0) is 20.8. The van der Waals surface area contributed by atoms with Gasteiger partial charge in [0.15, 0.2) is 0 Å². The Bertz CT molecular complexity index is 979. The molecule has 0 bridgehead atoms. The van der Waals surface area contributed by atoms with E-state index in [4.69, 9.17) is 16.4 Å². The van der Waals surface area contributed by atoms with Gasteiger partial charge >= 0.3 is 6.03 Å². The van der Waals surface area contributed by atoms with Gasteiger partial charge in [-0.15, -0.1) is 0 Å². The molecule has 0 aliphatic carbocycles. The van der Waals surface area contributed by atoms with Gasteiger partial charge in [0.2, 0.25) is 0 Å². The van der Waals surface area contributed by atoms with Crippen LogP contribution < -0.4 is 10.8 Å². The molecule has 2 heterocycles. The molecular formula is C21H28ClN5O2. The van der Waals surface area contributed by atoms with E-state index in [0.717, 1.165) is 47.2 Å². The van der Waals surface area contributed by atoms with Gasteiger partial charge in [-0.3, -0.25) is 9.52 Å². The molecule has 3 aromatic rings. The van der Waals surface area contributed by atoms with E-state index >= 15 is 0 Å². The van der Waals surface area contributed by atoms with E-state index in [2.05, 4.69) is 27.4 Å². The molecule has 0 aliphatic rings. The summed E-state index contributed by atoms with van der Waals surface area (Å²) in [5.74, 6) is 0.979. The van der Waals surface area contributed by atoms with Crippen LogP contribution in [0.3, 0.4) is 0 Å². The number of carbonyl (C=O) groups excluding carboxylic acids is 1. The Labute approximate surface area is 175 Å². The number of hydrogen-bond donors (Lipinski definition) is 2. The maximum Gasteiger partial charge on any atom is 0.338 e. The van der Waals surface area contributed by atoms with Gasteiger partial charge in [-0.1, -0.05) is 31.4 Å². The predicted molar refractivity (Wildman–Crippen MR) is 116 cm³/mol. The van der Waals surface area contributed by atoms with Gasteiger partial charge in [0, 0.05) is 42.2 Å². The molecule has 0 spiro atoms. The van der Waals surface area contributed by atoms with E-state index < -0.39 is 0 Å². The lowest BCUT2D eigenvalue weighted by Crippen LogP contribution is -2.36. The number of rotatable bonds is 9. The van der Waals surface area contributed by atoms with Crippen molar-refractivity contribution in [3.8, 4) is 5.82 Å². The minimum atomic E-state index is -0.308. The molecule has 0 aliphatic heterocycles. The highest BCUT2D eigenvalue weighted by atomic mass is 35.5. The van der Waals surface area contributed by atoms with Crippen LogP contribution in [0.2, 0.25) is 5.02 Å². The smallest absolute Gasteiger partial charge is 0.336 e. The number of benzene rings is 1. The second kappa shape index (κ2) is 9.80. The van der Waals surface area contributed by atoms with Crippen LogP contribution in [0.4, 0.5) is 4.79 Å². The number of nitrogens with zero attached hydrogens (tertiary/aromatic N) is 3. The number of aromatic nitrogens is 3. The van der Waals surface area contributed by atoms with Crippen molar-refractivity contribution in [2.75, 3.05) is 13.2 Å². The Morgan fingerprint density at radius 1 is 1.28 bits per heavy atom. The fraction of sp³-hybridized carbons (Fsp3) is 0.429. The Balaban J connectivity index is 1.64. The standard InChI is InChI=1S/C21H28ClN5O2/c1-4-5-6-11-23-21(28)25-29-13-10-18-15(2)24-26(3)20(18)27-12-9-16-14-17(22)7-8-19(16)27/h7-9,12,14H,4-6,10-11,13H2,1-3H3,(H2,23,25,28). The van der Waals surface area contributed by atoms with Gasteiger partial charge in [-0.25, -0.2) is 10.3 Å². The van der Waals surface area contributed by atoms with Crippen molar-refractivity contribution in [3.05, 3.63) is 46.7 Å². The Hall–Kier alpha value is -2.51. The zero-order valence-corrected chi connectivity index (χ0v) is 17.9. The highest BCUT2D eigenvalue weighted by Gasteiger charge is 2.17. The van der Waals surface area contributed by atoms with Crippen molar-refractivity contribution in [1.82, 2.24) is 25.1 Å². The molecule has 29 heavy (non-hydrogen) atoms. The maximum absolute atomic E-state index is 11.7. The summed E-state index contributed by atoms with van der Waals surface area (Å²) in [6.07, 6.45) is 5.83. The van der Waals surface area contributed by atoms with Crippen LogP contribution in [-0.4, -0.2) is 33.5 Å². The van der Waals surface area contributed by atoms with Crippen molar-refractivity contribution in [2.24, 2.45) is 7.05 Å². The quantitative estimate of drug-likeness (QED) is 0.403. The summed E-state index contributed by atoms with van der Waals surface area (Å²) in [7, 11) is 1.93. The average molecular weight is 418 g/mol. The summed E-state index contributed by atoms with van der Waals surface area (Å²) < 4.78 is 3.97. The third kappa shape index (κ3) is 5.10. The average Bonchev–Trinajstić information content (AvgIpc) is 3.21. The predicted octanol–water partition coefficient (Wildman–Crippen LogP) is 4.29. The minimum Gasteiger partial charge on any atom is -0.336 e. The van der Waals surface area contributed by atoms with E-state index in [1.807, 2.05) is 49.1 Å². The summed E-state index contributed by atoms with van der Waals surface area (Å²) in [6, 6.07) is 7.56. The highest BCUT2D eigenvalue weighted by molar-refractivity contribution is 6.31. The number of halogens is 1. The summed E-state index contributed by atoms with van der Waals surface area (Å²) >= 11 is 6.12. The van der Waals surface area contributed by atoms with Crippen LogP contribution in [0.25, 0.3) is 16.7 Å². The molecule has 156 valence electrons. The van der Waals surface area contributed by atoms with Crippen molar-refractivity contribution in [2.45, 2.75) is 39.5 Å². The lowest BCUT2D eigenvalue weighted by molar-refractivity contribution is 0.0632. The first kappa shape index (κ1) is 21.2. The molecule has 0 fully saturated rings. The molecule has 2 amide bonds. The minimum absolute atomic E-state index is 0.308. The molecule has 2 aromatic heterocycles. The second-order valence-corrected chi connectivity index (χ2v) is 7.50. The molecule has 1 aromatic carbocycles. The van der Waals surface area contributed by atoms with E-state index in [9.17, 15) is 4.79 Å². The number of nitrogens with one attached hydrogen (secondary N) is 2. The lowest BCUT2D eigenvalue weighted by atomic mass is 10.2. The molecule has 3 rings (SSSR count). The van der Waals surface area contributed by atoms with Crippen LogP contribution in [0, 0.1) is 6.92 Å². The molecule has 7 nitrogen and oxygen atoms in total. The molecule has 0 unspecified atom stereocenters. The van der Waals surface area contributed by atoms with Gasteiger partial charge in [0.05, 0.1) is 17.8 Å². The first-order valence-electron chi connectivity index (χ1n) is 9.96. The molecule has 2 N–H and O–H groups in total. The summed E-state index contributed by atoms with van der Waals surface area (Å²) in [5, 5.41) is 9.14. The third-order valence-corrected chi connectivity index (χ3v) is 5.11. The van der Waals surface area contributed by atoms with E-state index in [0.29, 0.717) is 24.6 Å². The molecule has 0 atom stereocenters. The fourth-order valence-electron chi connectivity index (χ4n) is 3.46. The van der Waals surface area contributed by atoms with Crippen LogP contribution in [0.5, 0.6) is 0 Å². The monoisotopic (exact) mass is 417 g/mol. The maximum atomic E-state index is 11.7. The third-order valence-electron chi connectivity index (χ3n) is 4.88. The number of unbranched alkanes of at least 4 members (excludes halogenated alkanes) is 2. The Morgan fingerprint density at radius 2 is 2.10 bits per heavy atom. The van der Waals surface area contributed by atoms with Crippen LogP contribution in [-0.2, 0) is 18.3 Å². The highest BCUT2D eigenvalue weighted by Crippen LogP contribution is 2.26. The largest absolute Gasteiger partial charge is 0.338 e. The SMILES string of the molecule is CCCCCNC(=O)NOCCc1c(C)nn(C)c1-n1ccc2cc(Cl)ccc21. The van der Waals surface area contributed by atoms with E-state index in [1.165, 1.54) is 0 Å². The summed E-state index contributed by atoms with van der Waals surface area (Å²) in [5.41, 5.74) is 5.52. The normalized spacial score (nSPS) is 11.2. The van der Waals surface area contributed by atoms with Crippen molar-refractivity contribution in [3.63, 3.8) is 0 Å². The van der Waals surface area contributed by atoms with Crippen molar-refractivity contribution in [1.29, 1.82) is 0 Å². The molecule has 0 radical (unpaired) electrons. The van der Waals surface area contributed by atoms with E-state index in [-0.39, 0.29) is 6.03 Å². The zero-order valence-electron chi connectivity index (χ0n) is 17.2. The number of carbonyl (C=O) groups is 1. The number of fused-ring (bicyclic) bond motifs is 1. The van der Waals surface area contributed by atoms with Crippen LogP contribution >= 0.6 is 11.6 Å².